The maximum atomic E-state index is 4.88. The van der Waals surface area contributed by atoms with Gasteiger partial charge in [0.1, 0.15) is 5.52 Å². The fraction of sp³-hybridized carbons (Fsp3) is 0.357. The Morgan fingerprint density at radius 1 is 0.871 bits per heavy atom. The SMILES string of the molecule is Cc1ccnc2c3cc(CC(C)C)ccc3[n+]3c4ccc(CC(C)C)cc4n(C)c3c12. The highest BCUT2D eigenvalue weighted by Gasteiger charge is 2.25. The number of benzene rings is 2. The van der Waals surface area contributed by atoms with Crippen molar-refractivity contribution in [3.05, 3.63) is 65.4 Å². The summed E-state index contributed by atoms with van der Waals surface area (Å²) >= 11 is 0. The van der Waals surface area contributed by atoms with Gasteiger partial charge in [0, 0.05) is 11.6 Å². The molecule has 0 aliphatic rings. The molecule has 0 N–H and O–H groups in total. The minimum absolute atomic E-state index is 0.631. The summed E-state index contributed by atoms with van der Waals surface area (Å²) in [6.07, 6.45) is 4.13. The first-order valence-electron chi connectivity index (χ1n) is 11.5. The second-order valence-corrected chi connectivity index (χ2v) is 9.94. The molecule has 0 spiro atoms. The van der Waals surface area contributed by atoms with Gasteiger partial charge in [-0.2, -0.15) is 4.40 Å². The van der Waals surface area contributed by atoms with Crippen molar-refractivity contribution in [2.24, 2.45) is 18.9 Å². The van der Waals surface area contributed by atoms with Gasteiger partial charge in [-0.3, -0.25) is 4.98 Å². The normalized spacial score (nSPS) is 12.4. The molecule has 3 heteroatoms. The van der Waals surface area contributed by atoms with E-state index in [-0.39, 0.29) is 0 Å². The molecule has 158 valence electrons. The van der Waals surface area contributed by atoms with Crippen LogP contribution in [0.4, 0.5) is 0 Å². The van der Waals surface area contributed by atoms with Crippen LogP contribution in [0.25, 0.3) is 38.5 Å². The number of aryl methyl sites for hydroxylation is 2. The molecular formula is C28H32N3+. The molecule has 0 saturated heterocycles. The fourth-order valence-corrected chi connectivity index (χ4v) is 5.14. The third-order valence-electron chi connectivity index (χ3n) is 6.40. The predicted octanol–water partition coefficient (Wildman–Crippen LogP) is 6.32. The predicted molar refractivity (Wildman–Crippen MR) is 131 cm³/mol. The van der Waals surface area contributed by atoms with E-state index in [9.17, 15) is 0 Å². The Kier molecular flexibility index (Phi) is 4.73. The second-order valence-electron chi connectivity index (χ2n) is 9.94. The van der Waals surface area contributed by atoms with Crippen LogP contribution in [0.5, 0.6) is 0 Å². The van der Waals surface area contributed by atoms with E-state index in [1.807, 2.05) is 6.20 Å². The van der Waals surface area contributed by atoms with Gasteiger partial charge in [-0.1, -0.05) is 39.8 Å². The number of aromatic nitrogens is 3. The Morgan fingerprint density at radius 3 is 2.19 bits per heavy atom. The Bertz CT molecular complexity index is 1450. The average Bonchev–Trinajstić information content (AvgIpc) is 3.00. The van der Waals surface area contributed by atoms with Crippen LogP contribution in [-0.2, 0) is 19.9 Å². The van der Waals surface area contributed by atoms with Crippen LogP contribution >= 0.6 is 0 Å². The van der Waals surface area contributed by atoms with Crippen LogP contribution < -0.4 is 4.40 Å². The van der Waals surface area contributed by atoms with Crippen molar-refractivity contribution >= 4 is 38.5 Å². The monoisotopic (exact) mass is 410 g/mol. The maximum Gasteiger partial charge on any atom is 0.297 e. The van der Waals surface area contributed by atoms with E-state index >= 15 is 0 Å². The van der Waals surface area contributed by atoms with Crippen molar-refractivity contribution in [1.29, 1.82) is 0 Å². The van der Waals surface area contributed by atoms with Crippen LogP contribution in [0.3, 0.4) is 0 Å². The lowest BCUT2D eigenvalue weighted by Gasteiger charge is -2.09. The zero-order valence-corrected chi connectivity index (χ0v) is 19.5. The topological polar surface area (TPSA) is 21.9 Å². The molecule has 0 aliphatic carbocycles. The number of nitrogens with zero attached hydrogens (tertiary/aromatic N) is 3. The zero-order chi connectivity index (χ0) is 21.9. The number of hydrogen-bond acceptors (Lipinski definition) is 1. The van der Waals surface area contributed by atoms with Gasteiger partial charge in [0.2, 0.25) is 0 Å². The number of imidazole rings is 1. The summed E-state index contributed by atoms with van der Waals surface area (Å²) in [7, 11) is 2.20. The Hall–Kier alpha value is -2.94. The van der Waals surface area contributed by atoms with Gasteiger partial charge in [0.05, 0.1) is 18.0 Å². The molecule has 5 rings (SSSR count). The van der Waals surface area contributed by atoms with Crippen LogP contribution in [0, 0.1) is 18.8 Å². The lowest BCUT2D eigenvalue weighted by Crippen LogP contribution is -2.23. The lowest BCUT2D eigenvalue weighted by molar-refractivity contribution is -0.449. The third-order valence-corrected chi connectivity index (χ3v) is 6.40. The maximum absolute atomic E-state index is 4.88. The van der Waals surface area contributed by atoms with E-state index in [4.69, 9.17) is 4.98 Å². The lowest BCUT2D eigenvalue weighted by atomic mass is 9.99. The highest BCUT2D eigenvalue weighted by atomic mass is 15.1. The van der Waals surface area contributed by atoms with E-state index in [1.165, 1.54) is 49.7 Å². The summed E-state index contributed by atoms with van der Waals surface area (Å²) < 4.78 is 4.80. The molecule has 3 aromatic heterocycles. The molecule has 0 fully saturated rings. The summed E-state index contributed by atoms with van der Waals surface area (Å²) in [5.74, 6) is 1.28. The Balaban J connectivity index is 1.96. The first kappa shape index (κ1) is 20.0. The minimum Gasteiger partial charge on any atom is -0.255 e. The summed E-state index contributed by atoms with van der Waals surface area (Å²) in [6.45, 7) is 11.3. The zero-order valence-electron chi connectivity index (χ0n) is 19.5. The second kappa shape index (κ2) is 7.33. The quantitative estimate of drug-likeness (QED) is 0.251. The number of pyridine rings is 2. The van der Waals surface area contributed by atoms with Crippen LogP contribution in [0.2, 0.25) is 0 Å². The highest BCUT2D eigenvalue weighted by molar-refractivity contribution is 6.09. The van der Waals surface area contributed by atoms with Gasteiger partial charge < -0.3 is 0 Å². The van der Waals surface area contributed by atoms with E-state index in [0.29, 0.717) is 11.8 Å². The van der Waals surface area contributed by atoms with Crippen molar-refractivity contribution in [3.63, 3.8) is 0 Å². The van der Waals surface area contributed by atoms with Crippen molar-refractivity contribution in [3.8, 4) is 0 Å². The van der Waals surface area contributed by atoms with E-state index in [2.05, 4.69) is 93.1 Å². The number of hydrogen-bond donors (Lipinski definition) is 0. The molecule has 2 aromatic carbocycles. The molecule has 0 saturated carbocycles. The Labute approximate surface area is 184 Å². The van der Waals surface area contributed by atoms with E-state index < -0.39 is 0 Å². The average molecular weight is 411 g/mol. The standard InChI is InChI=1S/C28H32N3/c1-17(2)13-20-7-9-23-22(15-20)27-26(19(5)11-12-29-27)28-30(6)25-16-21(14-18(3)4)8-10-24(25)31(23)28/h7-12,15-18H,13-14H2,1-6H3/q+1. The molecule has 31 heavy (non-hydrogen) atoms. The van der Waals surface area contributed by atoms with Crippen molar-refractivity contribution < 1.29 is 4.40 Å². The molecule has 3 nitrogen and oxygen atoms in total. The van der Waals surface area contributed by atoms with Gasteiger partial charge in [-0.05, 0) is 78.6 Å². The Morgan fingerprint density at radius 2 is 1.52 bits per heavy atom. The van der Waals surface area contributed by atoms with Crippen LogP contribution in [0.15, 0.2) is 48.7 Å². The molecule has 0 bridgehead atoms. The molecule has 3 heterocycles. The molecule has 0 aliphatic heterocycles. The number of fused-ring (bicyclic) bond motifs is 8. The van der Waals surface area contributed by atoms with Gasteiger partial charge in [0.15, 0.2) is 11.0 Å². The first-order valence-corrected chi connectivity index (χ1v) is 11.5. The van der Waals surface area contributed by atoms with Gasteiger partial charge in [-0.25, -0.2) is 4.57 Å². The molecule has 5 aromatic rings. The van der Waals surface area contributed by atoms with Crippen molar-refractivity contribution in [2.75, 3.05) is 0 Å². The van der Waals surface area contributed by atoms with Gasteiger partial charge in [-0.15, -0.1) is 0 Å². The highest BCUT2D eigenvalue weighted by Crippen LogP contribution is 2.31. The summed E-state index contributed by atoms with van der Waals surface area (Å²) in [4.78, 5) is 4.88. The van der Waals surface area contributed by atoms with Gasteiger partial charge in [0.25, 0.3) is 5.65 Å². The smallest absolute Gasteiger partial charge is 0.255 e. The summed E-state index contributed by atoms with van der Waals surface area (Å²) in [6, 6.07) is 16.1. The summed E-state index contributed by atoms with van der Waals surface area (Å²) in [5.41, 5.74) is 10.2. The largest absolute Gasteiger partial charge is 0.297 e. The molecular weight excluding hydrogens is 378 g/mol. The third kappa shape index (κ3) is 3.18. The fourth-order valence-electron chi connectivity index (χ4n) is 5.14. The molecule has 0 unspecified atom stereocenters. The van der Waals surface area contributed by atoms with Gasteiger partial charge >= 0.3 is 0 Å². The van der Waals surface area contributed by atoms with E-state index in [1.54, 1.807) is 0 Å². The summed E-state index contributed by atoms with van der Waals surface area (Å²) in [5, 5.41) is 2.49. The molecule has 0 atom stereocenters. The van der Waals surface area contributed by atoms with Crippen LogP contribution in [-0.4, -0.2) is 9.55 Å². The van der Waals surface area contributed by atoms with Crippen LogP contribution in [0.1, 0.15) is 44.4 Å². The number of rotatable bonds is 4. The van der Waals surface area contributed by atoms with Crippen molar-refractivity contribution in [1.82, 2.24) is 9.55 Å². The van der Waals surface area contributed by atoms with E-state index in [0.717, 1.165) is 18.4 Å². The molecule has 0 radical (unpaired) electrons. The minimum atomic E-state index is 0.631. The van der Waals surface area contributed by atoms with Crippen molar-refractivity contribution in [2.45, 2.75) is 47.5 Å². The first-order chi connectivity index (χ1) is 14.8. The molecule has 0 amide bonds.